The van der Waals surface area contributed by atoms with E-state index in [2.05, 4.69) is 15.9 Å². The Kier molecular flexibility index (Phi) is 4.09. The number of carbonyl (C=O) groups is 1. The minimum atomic E-state index is -0.896. The van der Waals surface area contributed by atoms with Crippen molar-refractivity contribution in [2.24, 2.45) is 0 Å². The highest BCUT2D eigenvalue weighted by Crippen LogP contribution is 2.23. The molecule has 0 saturated carbocycles. The molecule has 0 saturated heterocycles. The lowest BCUT2D eigenvalue weighted by Gasteiger charge is -2.06. The molecule has 0 aromatic heterocycles. The summed E-state index contributed by atoms with van der Waals surface area (Å²) in [6, 6.07) is 5.85. The normalized spacial score (nSPS) is 11.5. The zero-order chi connectivity index (χ0) is 11.4. The van der Waals surface area contributed by atoms with Gasteiger partial charge in [-0.15, -0.1) is 0 Å². The van der Waals surface area contributed by atoms with Gasteiger partial charge >= 0.3 is 5.97 Å². The fourth-order valence-corrected chi connectivity index (χ4v) is 1.63. The molecule has 0 amide bonds. The van der Waals surface area contributed by atoms with Crippen molar-refractivity contribution in [3.63, 3.8) is 0 Å². The molecular formula is C12H13BrO2. The number of carboxylic acid groups (broad SMARTS) is 1. The van der Waals surface area contributed by atoms with Crippen molar-refractivity contribution in [2.75, 3.05) is 0 Å². The van der Waals surface area contributed by atoms with E-state index in [-0.39, 0.29) is 0 Å². The van der Waals surface area contributed by atoms with Crippen LogP contribution in [-0.2, 0) is 4.79 Å². The first-order chi connectivity index (χ1) is 7.04. The second-order valence-corrected chi connectivity index (χ2v) is 4.18. The molecule has 0 aliphatic rings. The van der Waals surface area contributed by atoms with E-state index in [1.165, 1.54) is 6.08 Å². The lowest BCUT2D eigenvalue weighted by Crippen LogP contribution is -1.92. The molecule has 0 heterocycles. The summed E-state index contributed by atoms with van der Waals surface area (Å²) >= 11 is 3.42. The maximum atomic E-state index is 10.6. The molecule has 0 radical (unpaired) electrons. The van der Waals surface area contributed by atoms with E-state index in [4.69, 9.17) is 5.11 Å². The first-order valence-electron chi connectivity index (χ1n) is 4.74. The van der Waals surface area contributed by atoms with E-state index in [0.29, 0.717) is 6.42 Å². The molecule has 80 valence electrons. The Hall–Kier alpha value is -1.09. The second-order valence-electron chi connectivity index (χ2n) is 3.33. The van der Waals surface area contributed by atoms with Crippen molar-refractivity contribution in [1.29, 1.82) is 0 Å². The number of aryl methyl sites for hydroxylation is 1. The summed E-state index contributed by atoms with van der Waals surface area (Å²) < 4.78 is 1.04. The van der Waals surface area contributed by atoms with Gasteiger partial charge in [0.15, 0.2) is 0 Å². The molecule has 0 unspecified atom stereocenters. The number of rotatable bonds is 3. The Bertz CT molecular complexity index is 408. The van der Waals surface area contributed by atoms with Crippen LogP contribution in [0.1, 0.15) is 24.5 Å². The Labute approximate surface area is 97.8 Å². The molecule has 0 spiro atoms. The average Bonchev–Trinajstić information content (AvgIpc) is 2.18. The predicted octanol–water partition coefficient (Wildman–Crippen LogP) is 3.64. The number of carboxylic acids is 1. The number of allylic oxidation sites excluding steroid dienone is 1. The topological polar surface area (TPSA) is 37.3 Å². The van der Waals surface area contributed by atoms with Gasteiger partial charge in [0.1, 0.15) is 0 Å². The van der Waals surface area contributed by atoms with Crippen LogP contribution in [0.15, 0.2) is 28.7 Å². The summed E-state index contributed by atoms with van der Waals surface area (Å²) in [5.74, 6) is -0.896. The zero-order valence-electron chi connectivity index (χ0n) is 8.75. The van der Waals surface area contributed by atoms with Crippen LogP contribution in [0.5, 0.6) is 0 Å². The van der Waals surface area contributed by atoms with Crippen LogP contribution in [0.3, 0.4) is 0 Å². The molecule has 3 heteroatoms. The zero-order valence-corrected chi connectivity index (χ0v) is 10.3. The maximum Gasteiger partial charge on any atom is 0.328 e. The van der Waals surface area contributed by atoms with Gasteiger partial charge in [-0.1, -0.05) is 35.0 Å². The van der Waals surface area contributed by atoms with Crippen LogP contribution in [-0.4, -0.2) is 11.1 Å². The molecule has 1 N–H and O–H groups in total. The van der Waals surface area contributed by atoms with Gasteiger partial charge in [-0.2, -0.15) is 0 Å². The van der Waals surface area contributed by atoms with Crippen molar-refractivity contribution < 1.29 is 9.90 Å². The summed E-state index contributed by atoms with van der Waals surface area (Å²) in [4.78, 5) is 10.6. The van der Waals surface area contributed by atoms with Crippen molar-refractivity contribution in [3.8, 4) is 0 Å². The van der Waals surface area contributed by atoms with Gasteiger partial charge in [0.05, 0.1) is 0 Å². The van der Waals surface area contributed by atoms with Gasteiger partial charge in [0, 0.05) is 10.5 Å². The van der Waals surface area contributed by atoms with E-state index in [9.17, 15) is 4.79 Å². The third-order valence-electron chi connectivity index (χ3n) is 2.21. The Morgan fingerprint density at radius 3 is 2.67 bits per heavy atom. The number of hydrogen-bond acceptors (Lipinski definition) is 1. The highest BCUT2D eigenvalue weighted by molar-refractivity contribution is 9.10. The standard InChI is InChI=1S/C12H13BrO2/c1-3-9(7-12(14)15)10-4-5-11(13)8(2)6-10/h4-7H,3H2,1-2H3,(H,14,15)/b9-7+. The molecular weight excluding hydrogens is 256 g/mol. The summed E-state index contributed by atoms with van der Waals surface area (Å²) in [7, 11) is 0. The first kappa shape index (κ1) is 12.0. The highest BCUT2D eigenvalue weighted by atomic mass is 79.9. The Morgan fingerprint density at radius 1 is 1.53 bits per heavy atom. The van der Waals surface area contributed by atoms with Gasteiger partial charge in [0.2, 0.25) is 0 Å². The fraction of sp³-hybridized carbons (Fsp3) is 0.250. The highest BCUT2D eigenvalue weighted by Gasteiger charge is 2.03. The van der Waals surface area contributed by atoms with E-state index in [1.807, 2.05) is 32.0 Å². The largest absolute Gasteiger partial charge is 0.478 e. The number of hydrogen-bond donors (Lipinski definition) is 1. The smallest absolute Gasteiger partial charge is 0.328 e. The molecule has 1 aromatic rings. The van der Waals surface area contributed by atoms with Crippen molar-refractivity contribution in [3.05, 3.63) is 39.9 Å². The van der Waals surface area contributed by atoms with E-state index < -0.39 is 5.97 Å². The second kappa shape index (κ2) is 5.12. The van der Waals surface area contributed by atoms with Gasteiger partial charge in [-0.3, -0.25) is 0 Å². The third kappa shape index (κ3) is 3.20. The van der Waals surface area contributed by atoms with Crippen molar-refractivity contribution in [1.82, 2.24) is 0 Å². The van der Waals surface area contributed by atoms with Gasteiger partial charge in [-0.05, 0) is 36.1 Å². The van der Waals surface area contributed by atoms with E-state index in [0.717, 1.165) is 21.2 Å². The molecule has 0 aliphatic carbocycles. The molecule has 0 atom stereocenters. The molecule has 15 heavy (non-hydrogen) atoms. The van der Waals surface area contributed by atoms with Crippen LogP contribution in [0.2, 0.25) is 0 Å². The fourth-order valence-electron chi connectivity index (χ4n) is 1.38. The number of aliphatic carboxylic acids is 1. The van der Waals surface area contributed by atoms with Gasteiger partial charge in [0.25, 0.3) is 0 Å². The molecule has 0 aliphatic heterocycles. The van der Waals surface area contributed by atoms with Crippen LogP contribution in [0.4, 0.5) is 0 Å². The molecule has 1 rings (SSSR count). The Balaban J connectivity index is 3.14. The predicted molar refractivity (Wildman–Crippen MR) is 64.8 cm³/mol. The minimum absolute atomic E-state index is 0.716. The third-order valence-corrected chi connectivity index (χ3v) is 3.10. The molecule has 2 nitrogen and oxygen atoms in total. The SMILES string of the molecule is CC/C(=C\C(=O)O)c1ccc(Br)c(C)c1. The summed E-state index contributed by atoms with van der Waals surface area (Å²) in [6.45, 7) is 3.94. The molecule has 1 aromatic carbocycles. The van der Waals surface area contributed by atoms with Crippen LogP contribution >= 0.6 is 15.9 Å². The average molecular weight is 269 g/mol. The number of benzene rings is 1. The van der Waals surface area contributed by atoms with Crippen LogP contribution in [0.25, 0.3) is 5.57 Å². The first-order valence-corrected chi connectivity index (χ1v) is 5.54. The summed E-state index contributed by atoms with van der Waals surface area (Å²) in [5.41, 5.74) is 2.93. The van der Waals surface area contributed by atoms with Crippen molar-refractivity contribution in [2.45, 2.75) is 20.3 Å². The minimum Gasteiger partial charge on any atom is -0.478 e. The van der Waals surface area contributed by atoms with E-state index >= 15 is 0 Å². The summed E-state index contributed by atoms with van der Waals surface area (Å²) in [6.07, 6.45) is 1.98. The molecule has 0 fully saturated rings. The molecule has 0 bridgehead atoms. The van der Waals surface area contributed by atoms with E-state index in [1.54, 1.807) is 0 Å². The van der Waals surface area contributed by atoms with Crippen LogP contribution in [0, 0.1) is 6.92 Å². The lowest BCUT2D eigenvalue weighted by atomic mass is 10.0. The van der Waals surface area contributed by atoms with Gasteiger partial charge < -0.3 is 5.11 Å². The summed E-state index contributed by atoms with van der Waals surface area (Å²) in [5, 5.41) is 8.71. The monoisotopic (exact) mass is 268 g/mol. The quantitative estimate of drug-likeness (QED) is 0.850. The van der Waals surface area contributed by atoms with Crippen molar-refractivity contribution >= 4 is 27.5 Å². The lowest BCUT2D eigenvalue weighted by molar-refractivity contribution is -0.131. The van der Waals surface area contributed by atoms with Gasteiger partial charge in [-0.25, -0.2) is 4.79 Å². The maximum absolute atomic E-state index is 10.6. The number of halogens is 1. The Morgan fingerprint density at radius 2 is 2.20 bits per heavy atom. The van der Waals surface area contributed by atoms with Crippen LogP contribution < -0.4 is 0 Å².